The topological polar surface area (TPSA) is 35.5 Å². The fraction of sp³-hybridized carbons (Fsp3) is 0.500. The minimum atomic E-state index is -0.336. The number of methoxy groups -OCH3 is 2. The molecule has 0 N–H and O–H groups in total. The maximum Gasteiger partial charge on any atom is 0.330 e. The molecule has 1 aliphatic carbocycles. The molecule has 0 heterocycles. The third kappa shape index (κ3) is 6.50. The van der Waals surface area contributed by atoms with Crippen molar-refractivity contribution in [3.8, 4) is 0 Å². The summed E-state index contributed by atoms with van der Waals surface area (Å²) >= 11 is 0. The quantitative estimate of drug-likeness (QED) is 0.372. The Bertz CT molecular complexity index is 628. The average Bonchev–Trinajstić information content (AvgIpc) is 2.54. The molecular weight excluding hydrogens is 312 g/mol. The van der Waals surface area contributed by atoms with E-state index in [1.165, 1.54) is 24.3 Å². The van der Waals surface area contributed by atoms with E-state index in [-0.39, 0.29) is 17.5 Å². The van der Waals surface area contributed by atoms with Crippen LogP contribution in [0, 0.1) is 5.41 Å². The lowest BCUT2D eigenvalue weighted by Crippen LogP contribution is -2.28. The van der Waals surface area contributed by atoms with Crippen molar-refractivity contribution in [3.05, 3.63) is 58.7 Å². The van der Waals surface area contributed by atoms with Crippen molar-refractivity contribution in [2.75, 3.05) is 14.2 Å². The fourth-order valence-corrected chi connectivity index (χ4v) is 3.12. The maximum atomic E-state index is 11.2. The Kier molecular flexibility index (Phi) is 8.11. The lowest BCUT2D eigenvalue weighted by atomic mass is 9.71. The molecule has 0 aromatic carbocycles. The van der Waals surface area contributed by atoms with E-state index in [1.54, 1.807) is 7.11 Å². The van der Waals surface area contributed by atoms with Crippen molar-refractivity contribution < 1.29 is 14.3 Å². The summed E-state index contributed by atoms with van der Waals surface area (Å²) in [5.74, 6) is -0.336. The van der Waals surface area contributed by atoms with Crippen molar-refractivity contribution in [2.24, 2.45) is 5.41 Å². The molecule has 0 aromatic heterocycles. The molecular formula is C22H32O3. The summed E-state index contributed by atoms with van der Waals surface area (Å²) in [6, 6.07) is 0. The van der Waals surface area contributed by atoms with Gasteiger partial charge in [0.2, 0.25) is 0 Å². The van der Waals surface area contributed by atoms with Gasteiger partial charge >= 0.3 is 5.97 Å². The second kappa shape index (κ2) is 9.57. The lowest BCUT2D eigenvalue weighted by Gasteiger charge is -2.36. The number of ether oxygens (including phenoxy) is 2. The second-order valence-electron chi connectivity index (χ2n) is 7.26. The van der Waals surface area contributed by atoms with Gasteiger partial charge in [0.25, 0.3) is 0 Å². The van der Waals surface area contributed by atoms with E-state index < -0.39 is 0 Å². The van der Waals surface area contributed by atoms with Gasteiger partial charge < -0.3 is 9.47 Å². The molecule has 1 atom stereocenters. The van der Waals surface area contributed by atoms with Crippen LogP contribution in [0.4, 0.5) is 0 Å². The molecule has 0 saturated heterocycles. The summed E-state index contributed by atoms with van der Waals surface area (Å²) < 4.78 is 10.2. The van der Waals surface area contributed by atoms with Gasteiger partial charge in [-0.15, -0.1) is 0 Å². The first-order valence-electron chi connectivity index (χ1n) is 8.74. The van der Waals surface area contributed by atoms with Gasteiger partial charge in [-0.25, -0.2) is 4.79 Å². The summed E-state index contributed by atoms with van der Waals surface area (Å²) in [6.07, 6.45) is 14.1. The number of allylic oxidation sites excluding steroid dienone is 8. The van der Waals surface area contributed by atoms with Crippen LogP contribution in [0.3, 0.4) is 0 Å². The first-order chi connectivity index (χ1) is 11.7. The molecule has 0 aromatic rings. The largest absolute Gasteiger partial charge is 0.466 e. The van der Waals surface area contributed by atoms with E-state index in [0.29, 0.717) is 0 Å². The minimum Gasteiger partial charge on any atom is -0.466 e. The smallest absolute Gasteiger partial charge is 0.330 e. The third-order valence-electron chi connectivity index (χ3n) is 4.73. The minimum absolute atomic E-state index is 0.172. The van der Waals surface area contributed by atoms with Gasteiger partial charge in [-0.3, -0.25) is 0 Å². The van der Waals surface area contributed by atoms with E-state index >= 15 is 0 Å². The van der Waals surface area contributed by atoms with Crippen LogP contribution < -0.4 is 0 Å². The van der Waals surface area contributed by atoms with Gasteiger partial charge in [0, 0.05) is 13.2 Å². The highest BCUT2D eigenvalue weighted by molar-refractivity contribution is 5.83. The summed E-state index contributed by atoms with van der Waals surface area (Å²) in [5, 5.41) is 0. The van der Waals surface area contributed by atoms with Crippen LogP contribution >= 0.6 is 0 Å². The molecule has 0 unspecified atom stereocenters. The Hall–Kier alpha value is -1.87. The molecule has 1 aliphatic rings. The van der Waals surface area contributed by atoms with Crippen LogP contribution in [0.2, 0.25) is 0 Å². The Morgan fingerprint density at radius 2 is 1.84 bits per heavy atom. The zero-order chi connectivity index (χ0) is 19.0. The Labute approximate surface area is 152 Å². The van der Waals surface area contributed by atoms with Crippen LogP contribution in [-0.2, 0) is 14.3 Å². The van der Waals surface area contributed by atoms with E-state index in [2.05, 4.69) is 44.6 Å². The van der Waals surface area contributed by atoms with Crippen molar-refractivity contribution in [2.45, 2.75) is 53.6 Å². The SMILES string of the molecule is COC(=O)/C=C(C)/C=C/C=C(C)/C=C/C1=C(C)[C@H](OC)CCC1(C)C. The van der Waals surface area contributed by atoms with Crippen LogP contribution in [0.5, 0.6) is 0 Å². The zero-order valence-electron chi connectivity index (χ0n) is 16.7. The van der Waals surface area contributed by atoms with Gasteiger partial charge in [0.1, 0.15) is 0 Å². The Morgan fingerprint density at radius 3 is 2.44 bits per heavy atom. The highest BCUT2D eigenvalue weighted by atomic mass is 16.5. The Balaban J connectivity index is 2.88. The van der Waals surface area contributed by atoms with Crippen molar-refractivity contribution in [3.63, 3.8) is 0 Å². The number of esters is 1. The predicted octanol–water partition coefficient (Wildman–Crippen LogP) is 5.32. The fourth-order valence-electron chi connectivity index (χ4n) is 3.12. The highest BCUT2D eigenvalue weighted by Crippen LogP contribution is 2.41. The molecule has 25 heavy (non-hydrogen) atoms. The standard InChI is InChI=1S/C22H32O3/c1-16(9-8-10-17(2)15-21(23)25-7)11-12-19-18(3)20(24-6)13-14-22(19,4)5/h8-12,15,20H,13-14H2,1-7H3/b10-8+,12-11+,16-9+,17-15+/t20-/m1/s1. The molecule has 0 aliphatic heterocycles. The predicted molar refractivity (Wildman–Crippen MR) is 104 cm³/mol. The number of rotatable bonds is 6. The zero-order valence-corrected chi connectivity index (χ0v) is 16.7. The van der Waals surface area contributed by atoms with Crippen molar-refractivity contribution >= 4 is 5.97 Å². The average molecular weight is 344 g/mol. The molecule has 0 radical (unpaired) electrons. The van der Waals surface area contributed by atoms with E-state index in [4.69, 9.17) is 4.74 Å². The van der Waals surface area contributed by atoms with Crippen LogP contribution in [0.15, 0.2) is 58.7 Å². The van der Waals surface area contributed by atoms with Crippen molar-refractivity contribution in [1.29, 1.82) is 0 Å². The summed E-state index contributed by atoms with van der Waals surface area (Å²) in [6.45, 7) is 10.7. The Morgan fingerprint density at radius 1 is 1.16 bits per heavy atom. The van der Waals surface area contributed by atoms with E-state index in [1.807, 2.05) is 25.2 Å². The number of hydrogen-bond donors (Lipinski definition) is 0. The number of carbonyl (C=O) groups excluding carboxylic acids is 1. The van der Waals surface area contributed by atoms with Gasteiger partial charge in [-0.05, 0) is 55.7 Å². The molecule has 138 valence electrons. The third-order valence-corrected chi connectivity index (χ3v) is 4.73. The summed E-state index contributed by atoms with van der Waals surface area (Å²) in [7, 11) is 3.16. The van der Waals surface area contributed by atoms with Gasteiger partial charge in [-0.2, -0.15) is 0 Å². The van der Waals surface area contributed by atoms with Crippen LogP contribution in [0.25, 0.3) is 0 Å². The normalized spacial score (nSPS) is 22.1. The number of hydrogen-bond acceptors (Lipinski definition) is 3. The van der Waals surface area contributed by atoms with Crippen LogP contribution in [0.1, 0.15) is 47.5 Å². The lowest BCUT2D eigenvalue weighted by molar-refractivity contribution is -0.134. The molecule has 0 fully saturated rings. The van der Waals surface area contributed by atoms with Gasteiger partial charge in [-0.1, -0.05) is 49.8 Å². The van der Waals surface area contributed by atoms with Crippen molar-refractivity contribution in [1.82, 2.24) is 0 Å². The number of carbonyl (C=O) groups is 1. The first kappa shape index (κ1) is 21.2. The molecule has 0 spiro atoms. The first-order valence-corrected chi connectivity index (χ1v) is 8.74. The molecule has 3 nitrogen and oxygen atoms in total. The van der Waals surface area contributed by atoms with Gasteiger partial charge in [0.15, 0.2) is 0 Å². The highest BCUT2D eigenvalue weighted by Gasteiger charge is 2.31. The molecule has 0 saturated carbocycles. The summed E-state index contributed by atoms with van der Waals surface area (Å²) in [4.78, 5) is 11.2. The molecule has 0 bridgehead atoms. The molecule has 3 heteroatoms. The van der Waals surface area contributed by atoms with E-state index in [9.17, 15) is 4.79 Å². The second-order valence-corrected chi connectivity index (χ2v) is 7.26. The maximum absolute atomic E-state index is 11.2. The molecule has 0 amide bonds. The summed E-state index contributed by atoms with van der Waals surface area (Å²) in [5.41, 5.74) is 4.87. The van der Waals surface area contributed by atoms with E-state index in [0.717, 1.165) is 24.0 Å². The van der Waals surface area contributed by atoms with Crippen LogP contribution in [-0.4, -0.2) is 26.3 Å². The molecule has 1 rings (SSSR count). The van der Waals surface area contributed by atoms with Gasteiger partial charge in [0.05, 0.1) is 13.2 Å². The monoisotopic (exact) mass is 344 g/mol.